The Morgan fingerprint density at radius 2 is 1.95 bits per heavy atom. The first kappa shape index (κ1) is 15.2. The van der Waals surface area contributed by atoms with Crippen LogP contribution in [0, 0.1) is 5.92 Å². The van der Waals surface area contributed by atoms with Crippen LogP contribution in [0.2, 0.25) is 0 Å². The average molecular weight is 290 g/mol. The van der Waals surface area contributed by atoms with Gasteiger partial charge in [0.15, 0.2) is 0 Å². The monoisotopic (exact) mass is 290 g/mol. The summed E-state index contributed by atoms with van der Waals surface area (Å²) >= 11 is 0. The highest BCUT2D eigenvalue weighted by atomic mass is 32.2. The third-order valence-electron chi connectivity index (χ3n) is 4.45. The van der Waals surface area contributed by atoms with Crippen LogP contribution < -0.4 is 4.72 Å². The van der Waals surface area contributed by atoms with Gasteiger partial charge in [0.25, 0.3) is 0 Å². The molecule has 3 atom stereocenters. The topological polar surface area (TPSA) is 69.6 Å². The molecule has 6 heteroatoms. The Hall–Kier alpha value is -0.170. The molecule has 2 rings (SSSR count). The minimum Gasteiger partial charge on any atom is -0.393 e. The first-order valence-corrected chi connectivity index (χ1v) is 9.23. The molecule has 0 unspecified atom stereocenters. The fourth-order valence-electron chi connectivity index (χ4n) is 3.58. The van der Waals surface area contributed by atoms with Gasteiger partial charge in [-0.15, -0.1) is 0 Å². The lowest BCUT2D eigenvalue weighted by Gasteiger charge is -2.37. The molecule has 2 N–H and O–H groups in total. The van der Waals surface area contributed by atoms with Gasteiger partial charge < -0.3 is 5.11 Å². The molecule has 19 heavy (non-hydrogen) atoms. The summed E-state index contributed by atoms with van der Waals surface area (Å²) in [6.07, 6.45) is 7.72. The van der Waals surface area contributed by atoms with Crippen molar-refractivity contribution >= 4 is 10.0 Å². The Kier molecular flexibility index (Phi) is 5.22. The predicted molar refractivity (Wildman–Crippen MR) is 75.4 cm³/mol. The van der Waals surface area contributed by atoms with Gasteiger partial charge in [0.1, 0.15) is 0 Å². The number of nitrogens with one attached hydrogen (secondary N) is 1. The van der Waals surface area contributed by atoms with E-state index in [0.29, 0.717) is 18.5 Å². The zero-order valence-electron chi connectivity index (χ0n) is 11.7. The molecule has 1 heterocycles. The van der Waals surface area contributed by atoms with E-state index >= 15 is 0 Å². The summed E-state index contributed by atoms with van der Waals surface area (Å²) in [5.41, 5.74) is 0. The van der Waals surface area contributed by atoms with Crippen molar-refractivity contribution in [2.45, 2.75) is 50.7 Å². The van der Waals surface area contributed by atoms with Crippen molar-refractivity contribution in [2.75, 3.05) is 25.9 Å². The summed E-state index contributed by atoms with van der Waals surface area (Å²) in [4.78, 5) is 2.36. The number of aliphatic hydroxyl groups is 1. The van der Waals surface area contributed by atoms with E-state index in [-0.39, 0.29) is 6.10 Å². The second-order valence-corrected chi connectivity index (χ2v) is 7.76. The van der Waals surface area contributed by atoms with Crippen molar-refractivity contribution in [3.8, 4) is 0 Å². The molecule has 1 saturated carbocycles. The predicted octanol–water partition coefficient (Wildman–Crippen LogP) is 0.551. The lowest BCUT2D eigenvalue weighted by atomic mass is 9.80. The van der Waals surface area contributed by atoms with E-state index in [9.17, 15) is 13.5 Å². The van der Waals surface area contributed by atoms with Gasteiger partial charge in [0.05, 0.1) is 12.4 Å². The van der Waals surface area contributed by atoms with E-state index in [1.54, 1.807) is 0 Å². The smallest absolute Gasteiger partial charge is 0.208 e. The molecule has 0 aromatic heterocycles. The van der Waals surface area contributed by atoms with E-state index in [2.05, 4.69) is 9.62 Å². The summed E-state index contributed by atoms with van der Waals surface area (Å²) in [5, 5.41) is 10.2. The maximum atomic E-state index is 11.1. The maximum Gasteiger partial charge on any atom is 0.208 e. The molecule has 0 radical (unpaired) electrons. The number of rotatable bonds is 5. The summed E-state index contributed by atoms with van der Waals surface area (Å²) < 4.78 is 24.7. The molecular formula is C13H26N2O3S. The third-order valence-corrected chi connectivity index (χ3v) is 5.18. The molecule has 1 saturated heterocycles. The van der Waals surface area contributed by atoms with Crippen molar-refractivity contribution < 1.29 is 13.5 Å². The van der Waals surface area contributed by atoms with Crippen LogP contribution in [-0.4, -0.2) is 56.5 Å². The van der Waals surface area contributed by atoms with Gasteiger partial charge in [0.2, 0.25) is 10.0 Å². The molecular weight excluding hydrogens is 264 g/mol. The third kappa shape index (κ3) is 4.41. The van der Waals surface area contributed by atoms with Crippen molar-refractivity contribution in [3.05, 3.63) is 0 Å². The molecule has 2 fully saturated rings. The second-order valence-electron chi connectivity index (χ2n) is 5.93. The Balaban J connectivity index is 1.86. The SMILES string of the molecule is CS(=O)(=O)NCCN1CCC[C@@H]1[C@@H]1CCCC[C@@H]1O. The van der Waals surface area contributed by atoms with Gasteiger partial charge in [-0.1, -0.05) is 12.8 Å². The van der Waals surface area contributed by atoms with Crippen LogP contribution in [0.1, 0.15) is 38.5 Å². The van der Waals surface area contributed by atoms with Crippen molar-refractivity contribution in [1.29, 1.82) is 0 Å². The molecule has 112 valence electrons. The number of nitrogens with zero attached hydrogens (tertiary/aromatic N) is 1. The number of hydrogen-bond donors (Lipinski definition) is 2. The molecule has 5 nitrogen and oxygen atoms in total. The lowest BCUT2D eigenvalue weighted by molar-refractivity contribution is 0.0227. The lowest BCUT2D eigenvalue weighted by Crippen LogP contribution is -2.45. The Morgan fingerprint density at radius 1 is 1.21 bits per heavy atom. The van der Waals surface area contributed by atoms with E-state index in [1.807, 2.05) is 0 Å². The van der Waals surface area contributed by atoms with Crippen LogP contribution >= 0.6 is 0 Å². The van der Waals surface area contributed by atoms with Crippen LogP contribution in [0.5, 0.6) is 0 Å². The normalized spacial score (nSPS) is 33.7. The van der Waals surface area contributed by atoms with Crippen molar-refractivity contribution in [3.63, 3.8) is 0 Å². The fraction of sp³-hybridized carbons (Fsp3) is 1.00. The number of likely N-dealkylation sites (tertiary alicyclic amines) is 1. The average Bonchev–Trinajstić information content (AvgIpc) is 2.76. The van der Waals surface area contributed by atoms with E-state index in [4.69, 9.17) is 0 Å². The van der Waals surface area contributed by atoms with Crippen LogP contribution in [0.3, 0.4) is 0 Å². The summed E-state index contributed by atoms with van der Waals surface area (Å²) in [6.45, 7) is 2.25. The van der Waals surface area contributed by atoms with Gasteiger partial charge in [0, 0.05) is 25.0 Å². The zero-order chi connectivity index (χ0) is 13.9. The Bertz CT molecular complexity index is 385. The first-order valence-electron chi connectivity index (χ1n) is 7.34. The molecule has 2 aliphatic rings. The molecule has 0 bridgehead atoms. The van der Waals surface area contributed by atoms with Gasteiger partial charge >= 0.3 is 0 Å². The van der Waals surface area contributed by atoms with Gasteiger partial charge in [-0.05, 0) is 32.2 Å². The summed E-state index contributed by atoms with van der Waals surface area (Å²) in [6, 6.07) is 0.441. The van der Waals surface area contributed by atoms with Crippen LogP contribution in [0.25, 0.3) is 0 Å². The number of aliphatic hydroxyl groups excluding tert-OH is 1. The van der Waals surface area contributed by atoms with E-state index in [0.717, 1.165) is 45.2 Å². The quantitative estimate of drug-likeness (QED) is 0.776. The zero-order valence-corrected chi connectivity index (χ0v) is 12.5. The molecule has 0 aromatic rings. The number of hydrogen-bond acceptors (Lipinski definition) is 4. The molecule has 0 aromatic carbocycles. The van der Waals surface area contributed by atoms with Crippen LogP contribution in [0.4, 0.5) is 0 Å². The second kappa shape index (κ2) is 6.52. The molecule has 1 aliphatic carbocycles. The number of sulfonamides is 1. The standard InChI is InChI=1S/C13H26N2O3S/c1-19(17,18)14-8-10-15-9-4-6-12(15)11-5-2-3-7-13(11)16/h11-14,16H,2-10H2,1H3/t11-,12+,13-/m0/s1. The van der Waals surface area contributed by atoms with Crippen LogP contribution in [0.15, 0.2) is 0 Å². The molecule has 1 aliphatic heterocycles. The minimum atomic E-state index is -3.09. The fourth-order valence-corrected chi connectivity index (χ4v) is 4.04. The summed E-state index contributed by atoms with van der Waals surface area (Å²) in [7, 11) is -3.09. The van der Waals surface area contributed by atoms with Crippen LogP contribution in [-0.2, 0) is 10.0 Å². The highest BCUT2D eigenvalue weighted by Gasteiger charge is 2.36. The van der Waals surface area contributed by atoms with Crippen molar-refractivity contribution in [1.82, 2.24) is 9.62 Å². The molecule has 0 amide bonds. The largest absolute Gasteiger partial charge is 0.393 e. The van der Waals surface area contributed by atoms with E-state index in [1.165, 1.54) is 12.7 Å². The van der Waals surface area contributed by atoms with Crippen molar-refractivity contribution in [2.24, 2.45) is 5.92 Å². The molecule has 0 spiro atoms. The minimum absolute atomic E-state index is 0.165. The van der Waals surface area contributed by atoms with E-state index < -0.39 is 10.0 Å². The van der Waals surface area contributed by atoms with Gasteiger partial charge in [-0.2, -0.15) is 0 Å². The highest BCUT2D eigenvalue weighted by Crippen LogP contribution is 2.34. The Morgan fingerprint density at radius 3 is 2.63 bits per heavy atom. The highest BCUT2D eigenvalue weighted by molar-refractivity contribution is 7.88. The summed E-state index contributed by atoms with van der Waals surface area (Å²) in [5.74, 6) is 0.384. The van der Waals surface area contributed by atoms with Gasteiger partial charge in [-0.25, -0.2) is 13.1 Å². The Labute approximate surface area is 116 Å². The van der Waals surface area contributed by atoms with Gasteiger partial charge in [-0.3, -0.25) is 4.90 Å². The maximum absolute atomic E-state index is 11.1. The first-order chi connectivity index (χ1) is 8.97.